The first-order chi connectivity index (χ1) is 32.5. The van der Waals surface area contributed by atoms with Crippen LogP contribution in [0.5, 0.6) is 0 Å². The lowest BCUT2D eigenvalue weighted by molar-refractivity contribution is -0.167. The van der Waals surface area contributed by atoms with Crippen LogP contribution in [-0.2, 0) is 28.6 Å². The van der Waals surface area contributed by atoms with Gasteiger partial charge in [-0.25, -0.2) is 0 Å². The van der Waals surface area contributed by atoms with E-state index in [0.717, 1.165) is 109 Å². The molecule has 66 heavy (non-hydrogen) atoms. The maximum absolute atomic E-state index is 12.8. The van der Waals surface area contributed by atoms with Crippen molar-refractivity contribution in [2.24, 2.45) is 0 Å². The van der Waals surface area contributed by atoms with E-state index in [9.17, 15) is 14.4 Å². The summed E-state index contributed by atoms with van der Waals surface area (Å²) in [5, 5.41) is 0. The van der Waals surface area contributed by atoms with Crippen LogP contribution in [0.1, 0.15) is 245 Å². The van der Waals surface area contributed by atoms with E-state index in [2.05, 4.69) is 99.8 Å². The molecule has 0 aliphatic heterocycles. The van der Waals surface area contributed by atoms with Gasteiger partial charge in [-0.15, -0.1) is 0 Å². The van der Waals surface area contributed by atoms with Gasteiger partial charge in [-0.1, -0.05) is 227 Å². The Balaban J connectivity index is 4.49. The van der Waals surface area contributed by atoms with Gasteiger partial charge in [0.05, 0.1) is 0 Å². The first kappa shape index (κ1) is 62.3. The third kappa shape index (κ3) is 51.3. The first-order valence-corrected chi connectivity index (χ1v) is 27.3. The number of rotatable bonds is 48. The lowest BCUT2D eigenvalue weighted by Crippen LogP contribution is -2.30. The van der Waals surface area contributed by atoms with Gasteiger partial charge in [-0.05, 0) is 96.3 Å². The molecule has 6 nitrogen and oxygen atoms in total. The summed E-state index contributed by atoms with van der Waals surface area (Å²) in [5.74, 6) is -0.959. The summed E-state index contributed by atoms with van der Waals surface area (Å²) in [5.41, 5.74) is 0. The van der Waals surface area contributed by atoms with Crippen LogP contribution in [0.15, 0.2) is 97.2 Å². The van der Waals surface area contributed by atoms with Crippen LogP contribution in [0.2, 0.25) is 0 Å². The molecule has 0 aliphatic rings. The highest BCUT2D eigenvalue weighted by Gasteiger charge is 2.19. The Hall–Kier alpha value is -3.67. The predicted octanol–water partition coefficient (Wildman–Crippen LogP) is 18.1. The van der Waals surface area contributed by atoms with Crippen molar-refractivity contribution in [3.05, 3.63) is 97.2 Å². The Morgan fingerprint density at radius 1 is 0.333 bits per heavy atom. The van der Waals surface area contributed by atoms with Crippen LogP contribution in [-0.4, -0.2) is 37.2 Å². The number of allylic oxidation sites excluding steroid dienone is 16. The number of ether oxygens (including phenoxy) is 3. The minimum atomic E-state index is -0.806. The molecule has 0 aromatic heterocycles. The third-order valence-corrected chi connectivity index (χ3v) is 11.4. The monoisotopic (exact) mass is 917 g/mol. The number of carbonyl (C=O) groups excluding carboxylic acids is 3. The highest BCUT2D eigenvalue weighted by molar-refractivity contribution is 5.71. The summed E-state index contributed by atoms with van der Waals surface area (Å²) in [6.07, 6.45) is 71.0. The number of hydrogen-bond acceptors (Lipinski definition) is 6. The molecule has 376 valence electrons. The summed E-state index contributed by atoms with van der Waals surface area (Å²) >= 11 is 0. The normalized spacial score (nSPS) is 12.8. The fourth-order valence-electron chi connectivity index (χ4n) is 7.30. The number of esters is 3. The van der Waals surface area contributed by atoms with Gasteiger partial charge in [0.2, 0.25) is 0 Å². The SMILES string of the molecule is CC\C=C/C=C\C=C/C=C\CCCCCCCC(=O)OCC(COC(=O)CCCCCCCCC/C=C\C/C=C\CCCCC)OC(=O)CCCCC/C=C\C=C/CCCCCCCCC. The quantitative estimate of drug-likeness (QED) is 0.0199. The van der Waals surface area contributed by atoms with E-state index in [1.165, 1.54) is 96.3 Å². The van der Waals surface area contributed by atoms with Crippen molar-refractivity contribution >= 4 is 17.9 Å². The molecule has 0 aliphatic carbocycles. The molecule has 1 unspecified atom stereocenters. The second-order valence-corrected chi connectivity index (χ2v) is 17.9. The molecule has 0 aromatic rings. The van der Waals surface area contributed by atoms with Gasteiger partial charge < -0.3 is 14.2 Å². The zero-order valence-electron chi connectivity index (χ0n) is 42.9. The van der Waals surface area contributed by atoms with Gasteiger partial charge in [-0.3, -0.25) is 14.4 Å². The zero-order valence-corrected chi connectivity index (χ0v) is 42.9. The number of hydrogen-bond donors (Lipinski definition) is 0. The van der Waals surface area contributed by atoms with Gasteiger partial charge >= 0.3 is 17.9 Å². The van der Waals surface area contributed by atoms with E-state index in [-0.39, 0.29) is 37.5 Å². The van der Waals surface area contributed by atoms with Crippen LogP contribution >= 0.6 is 0 Å². The van der Waals surface area contributed by atoms with Gasteiger partial charge in [0.1, 0.15) is 13.2 Å². The molecule has 0 heterocycles. The van der Waals surface area contributed by atoms with Crippen molar-refractivity contribution in [3.63, 3.8) is 0 Å². The Morgan fingerprint density at radius 3 is 1.11 bits per heavy atom. The zero-order chi connectivity index (χ0) is 47.9. The van der Waals surface area contributed by atoms with Crippen LogP contribution in [0.3, 0.4) is 0 Å². The van der Waals surface area contributed by atoms with Gasteiger partial charge in [-0.2, -0.15) is 0 Å². The molecule has 0 rings (SSSR count). The van der Waals surface area contributed by atoms with E-state index < -0.39 is 6.10 Å². The van der Waals surface area contributed by atoms with E-state index in [4.69, 9.17) is 14.2 Å². The molecule has 0 saturated heterocycles. The topological polar surface area (TPSA) is 78.9 Å². The minimum Gasteiger partial charge on any atom is -0.462 e. The molecule has 0 radical (unpaired) electrons. The molecule has 0 aromatic carbocycles. The molecule has 0 amide bonds. The molecule has 1 atom stereocenters. The second-order valence-electron chi connectivity index (χ2n) is 17.9. The number of unbranched alkanes of at least 4 members (excludes halogenated alkanes) is 25. The molecule has 0 N–H and O–H groups in total. The average Bonchev–Trinajstić information content (AvgIpc) is 3.31. The fourth-order valence-corrected chi connectivity index (χ4v) is 7.30. The van der Waals surface area contributed by atoms with Crippen molar-refractivity contribution in [3.8, 4) is 0 Å². The van der Waals surface area contributed by atoms with E-state index in [1.54, 1.807) is 0 Å². The summed E-state index contributed by atoms with van der Waals surface area (Å²) in [4.78, 5) is 38.1. The van der Waals surface area contributed by atoms with Crippen LogP contribution in [0.4, 0.5) is 0 Å². The average molecular weight is 917 g/mol. The van der Waals surface area contributed by atoms with Crippen molar-refractivity contribution < 1.29 is 28.6 Å². The molecule has 0 spiro atoms. The van der Waals surface area contributed by atoms with E-state index in [0.29, 0.717) is 12.8 Å². The Labute approximate surface area is 407 Å². The van der Waals surface area contributed by atoms with Gasteiger partial charge in [0.15, 0.2) is 6.10 Å². The smallest absolute Gasteiger partial charge is 0.306 e. The van der Waals surface area contributed by atoms with Crippen molar-refractivity contribution in [1.29, 1.82) is 0 Å². The van der Waals surface area contributed by atoms with Crippen LogP contribution in [0.25, 0.3) is 0 Å². The maximum atomic E-state index is 12.8. The summed E-state index contributed by atoms with van der Waals surface area (Å²) in [7, 11) is 0. The fraction of sp³-hybridized carbons (Fsp3) is 0.683. The molecular weight excluding hydrogens is 817 g/mol. The van der Waals surface area contributed by atoms with Crippen molar-refractivity contribution in [2.75, 3.05) is 13.2 Å². The molecule has 0 bridgehead atoms. The third-order valence-electron chi connectivity index (χ3n) is 11.4. The summed E-state index contributed by atoms with van der Waals surface area (Å²) in [6.45, 7) is 6.42. The van der Waals surface area contributed by atoms with Crippen molar-refractivity contribution in [1.82, 2.24) is 0 Å². The molecular formula is C60H100O6. The minimum absolute atomic E-state index is 0.101. The van der Waals surface area contributed by atoms with Gasteiger partial charge in [0.25, 0.3) is 0 Å². The van der Waals surface area contributed by atoms with Crippen LogP contribution in [0, 0.1) is 0 Å². The summed E-state index contributed by atoms with van der Waals surface area (Å²) < 4.78 is 16.8. The standard InChI is InChI=1S/C60H100O6/c1-4-7-10-13-16-19-22-25-28-30-33-35-38-41-44-47-50-53-59(62)65-56-57(55-64-58(61)52-49-46-43-40-37-34-31-27-24-21-18-15-12-9-6-3)66-60(63)54-51-48-45-42-39-36-32-29-26-23-20-17-14-11-8-5-2/h9,12,15-16,18-19,21,24-25,27-29,31-32,36,39,57H,4-8,10-11,13-14,17,20,22-23,26,30,33-35,37-38,40-56H2,1-3H3/b12-9-,18-15-,19-16-,24-21-,28-25-,31-27-,32-29-,39-36-. The molecule has 0 saturated carbocycles. The molecule has 0 fully saturated rings. The highest BCUT2D eigenvalue weighted by Crippen LogP contribution is 2.14. The number of carbonyl (C=O) groups is 3. The van der Waals surface area contributed by atoms with E-state index in [1.807, 2.05) is 18.2 Å². The second kappa shape index (κ2) is 53.9. The first-order valence-electron chi connectivity index (χ1n) is 27.3. The predicted molar refractivity (Wildman–Crippen MR) is 284 cm³/mol. The maximum Gasteiger partial charge on any atom is 0.306 e. The van der Waals surface area contributed by atoms with Crippen molar-refractivity contribution in [2.45, 2.75) is 252 Å². The Bertz CT molecular complexity index is 1330. The largest absolute Gasteiger partial charge is 0.462 e. The Kier molecular flexibility index (Phi) is 50.9. The summed E-state index contributed by atoms with van der Waals surface area (Å²) in [6, 6.07) is 0. The van der Waals surface area contributed by atoms with Gasteiger partial charge in [0, 0.05) is 19.3 Å². The lowest BCUT2D eigenvalue weighted by Gasteiger charge is -2.18. The Morgan fingerprint density at radius 2 is 0.652 bits per heavy atom. The van der Waals surface area contributed by atoms with E-state index >= 15 is 0 Å². The van der Waals surface area contributed by atoms with Crippen LogP contribution < -0.4 is 0 Å². The lowest BCUT2D eigenvalue weighted by atomic mass is 10.1. The molecule has 6 heteroatoms. The highest BCUT2D eigenvalue weighted by atomic mass is 16.6.